The number of ether oxygens (including phenoxy) is 1. The monoisotopic (exact) mass is 408 g/mol. The molecule has 0 saturated carbocycles. The third kappa shape index (κ3) is 4.83. The van der Waals surface area contributed by atoms with Crippen LogP contribution in [0.3, 0.4) is 0 Å². The van der Waals surface area contributed by atoms with Crippen molar-refractivity contribution in [2.24, 2.45) is 0 Å². The fourth-order valence-corrected chi connectivity index (χ4v) is 3.14. The highest BCUT2D eigenvalue weighted by Gasteiger charge is 2.40. The first-order valence-electron chi connectivity index (χ1n) is 9.71. The third-order valence-corrected chi connectivity index (χ3v) is 4.63. The maximum Gasteiger partial charge on any atom is 0.356 e. The lowest BCUT2D eigenvalue weighted by Gasteiger charge is -2.38. The predicted molar refractivity (Wildman–Crippen MR) is 111 cm³/mol. The highest BCUT2D eigenvalue weighted by Crippen LogP contribution is 2.23. The van der Waals surface area contributed by atoms with Gasteiger partial charge in [-0.1, -0.05) is 30.3 Å². The summed E-state index contributed by atoms with van der Waals surface area (Å²) >= 11 is 0. The van der Waals surface area contributed by atoms with Gasteiger partial charge in [-0.3, -0.25) is 19.5 Å². The number of benzene rings is 1. The van der Waals surface area contributed by atoms with E-state index in [2.05, 4.69) is 10.3 Å². The van der Waals surface area contributed by atoms with Gasteiger partial charge in [-0.15, -0.1) is 0 Å². The van der Waals surface area contributed by atoms with Crippen LogP contribution in [0.15, 0.2) is 66.8 Å². The second-order valence-electron chi connectivity index (χ2n) is 6.69. The van der Waals surface area contributed by atoms with Gasteiger partial charge in [-0.05, 0) is 24.6 Å². The molecule has 1 aromatic carbocycles. The van der Waals surface area contributed by atoms with E-state index >= 15 is 0 Å². The molecule has 2 heterocycles. The number of hydrogen-bond donors (Lipinski definition) is 1. The van der Waals surface area contributed by atoms with Crippen molar-refractivity contribution >= 4 is 23.5 Å². The number of likely N-dealkylation sites (N-methyl/N-ethyl adjacent to an activating group) is 1. The number of esters is 1. The number of carbonyl (C=O) groups excluding carboxylic acids is 3. The number of hydrogen-bond acceptors (Lipinski definition) is 6. The summed E-state index contributed by atoms with van der Waals surface area (Å²) in [5.41, 5.74) is 1.60. The minimum atomic E-state index is -1.08. The summed E-state index contributed by atoms with van der Waals surface area (Å²) < 4.78 is 5.41. The Morgan fingerprint density at radius 3 is 2.57 bits per heavy atom. The van der Waals surface area contributed by atoms with Gasteiger partial charge < -0.3 is 15.0 Å². The molecule has 0 radical (unpaired) electrons. The van der Waals surface area contributed by atoms with Crippen molar-refractivity contribution in [3.8, 4) is 0 Å². The summed E-state index contributed by atoms with van der Waals surface area (Å²) in [4.78, 5) is 44.6. The number of nitrogens with zero attached hydrogens (tertiary/aromatic N) is 3. The van der Waals surface area contributed by atoms with Gasteiger partial charge in [-0.25, -0.2) is 4.79 Å². The molecule has 1 atom stereocenters. The minimum absolute atomic E-state index is 0.0124. The molecule has 0 fully saturated rings. The van der Waals surface area contributed by atoms with Crippen LogP contribution in [-0.2, 0) is 25.5 Å². The van der Waals surface area contributed by atoms with Gasteiger partial charge in [0.05, 0.1) is 12.3 Å². The fraction of sp³-hybridized carbons (Fsp3) is 0.273. The Bertz CT molecular complexity index is 931. The number of nitrogens with one attached hydrogen (secondary N) is 1. The van der Waals surface area contributed by atoms with E-state index in [1.807, 2.05) is 30.3 Å². The van der Waals surface area contributed by atoms with E-state index in [1.165, 1.54) is 24.2 Å². The molecule has 1 N–H and O–H groups in total. The topological polar surface area (TPSA) is 91.8 Å². The van der Waals surface area contributed by atoms with E-state index in [-0.39, 0.29) is 18.2 Å². The highest BCUT2D eigenvalue weighted by atomic mass is 16.5. The van der Waals surface area contributed by atoms with Crippen LogP contribution in [0.4, 0.5) is 5.69 Å². The highest BCUT2D eigenvalue weighted by molar-refractivity contribution is 6.00. The Labute approximate surface area is 175 Å². The molecule has 0 saturated heterocycles. The zero-order valence-electron chi connectivity index (χ0n) is 16.9. The van der Waals surface area contributed by atoms with E-state index in [0.29, 0.717) is 18.7 Å². The lowest BCUT2D eigenvalue weighted by molar-refractivity contribution is -0.149. The molecule has 2 aromatic rings. The summed E-state index contributed by atoms with van der Waals surface area (Å²) in [7, 11) is 0. The molecule has 0 bridgehead atoms. The number of amides is 2. The first-order chi connectivity index (χ1) is 14.5. The van der Waals surface area contributed by atoms with Crippen LogP contribution in [0.5, 0.6) is 0 Å². The van der Waals surface area contributed by atoms with Gasteiger partial charge in [0.2, 0.25) is 5.91 Å². The number of pyridine rings is 1. The van der Waals surface area contributed by atoms with E-state index in [4.69, 9.17) is 4.74 Å². The molecule has 8 heteroatoms. The Morgan fingerprint density at radius 1 is 1.17 bits per heavy atom. The number of carbonyl (C=O) groups is 3. The second kappa shape index (κ2) is 9.69. The SMILES string of the molecule is CCN1C=C(C(=O)OCCc2ccccc2)N(C(C)=O)C(Nc2cccnc2)C1=O. The number of anilines is 1. The summed E-state index contributed by atoms with van der Waals surface area (Å²) in [6, 6.07) is 13.1. The largest absolute Gasteiger partial charge is 0.461 e. The molecule has 0 spiro atoms. The molecule has 8 nitrogen and oxygen atoms in total. The number of aromatic nitrogens is 1. The van der Waals surface area contributed by atoms with Crippen molar-refractivity contribution < 1.29 is 19.1 Å². The Kier molecular flexibility index (Phi) is 6.79. The molecule has 1 unspecified atom stereocenters. The van der Waals surface area contributed by atoms with Gasteiger partial charge in [0.1, 0.15) is 5.70 Å². The molecule has 2 amide bonds. The Balaban J connectivity index is 1.80. The maximum atomic E-state index is 12.9. The molecule has 0 aliphatic carbocycles. The van der Waals surface area contributed by atoms with Crippen LogP contribution in [0.1, 0.15) is 19.4 Å². The van der Waals surface area contributed by atoms with Gasteiger partial charge >= 0.3 is 5.97 Å². The van der Waals surface area contributed by atoms with Crippen molar-refractivity contribution in [2.45, 2.75) is 26.4 Å². The van der Waals surface area contributed by atoms with E-state index < -0.39 is 18.0 Å². The van der Waals surface area contributed by atoms with Crippen molar-refractivity contribution in [1.82, 2.24) is 14.8 Å². The lowest BCUT2D eigenvalue weighted by atomic mass is 10.2. The van der Waals surface area contributed by atoms with E-state index in [9.17, 15) is 14.4 Å². The molecular formula is C22H24N4O4. The number of rotatable bonds is 7. The Hall–Kier alpha value is -3.68. The molecule has 30 heavy (non-hydrogen) atoms. The average Bonchev–Trinajstić information content (AvgIpc) is 2.76. The van der Waals surface area contributed by atoms with E-state index in [0.717, 1.165) is 10.5 Å². The van der Waals surface area contributed by atoms with Gasteiger partial charge in [0, 0.05) is 38.5 Å². The van der Waals surface area contributed by atoms with Gasteiger partial charge in [-0.2, -0.15) is 0 Å². The first-order valence-corrected chi connectivity index (χ1v) is 9.71. The quantitative estimate of drug-likeness (QED) is 0.706. The second-order valence-corrected chi connectivity index (χ2v) is 6.69. The smallest absolute Gasteiger partial charge is 0.356 e. The average molecular weight is 408 g/mol. The van der Waals surface area contributed by atoms with Crippen LogP contribution >= 0.6 is 0 Å². The van der Waals surface area contributed by atoms with Crippen molar-refractivity contribution in [2.75, 3.05) is 18.5 Å². The van der Waals surface area contributed by atoms with Gasteiger partial charge in [0.15, 0.2) is 6.17 Å². The first kappa shape index (κ1) is 21.0. The van der Waals surface area contributed by atoms with Crippen molar-refractivity contribution in [1.29, 1.82) is 0 Å². The van der Waals surface area contributed by atoms with Crippen LogP contribution in [0.2, 0.25) is 0 Å². The van der Waals surface area contributed by atoms with E-state index in [1.54, 1.807) is 25.3 Å². The molecule has 3 rings (SSSR count). The summed E-state index contributed by atoms with van der Waals surface area (Å²) in [6.07, 6.45) is 3.99. The normalized spacial score (nSPS) is 16.1. The zero-order chi connectivity index (χ0) is 21.5. The van der Waals surface area contributed by atoms with Gasteiger partial charge in [0.25, 0.3) is 5.91 Å². The standard InChI is InChI=1S/C22H24N4O4/c1-3-25-15-19(22(29)30-13-11-17-8-5-4-6-9-17)26(16(2)27)20(21(25)28)24-18-10-7-12-23-14-18/h4-10,12,14-15,20,24H,3,11,13H2,1-2H3. The molecule has 1 aromatic heterocycles. The molecule has 156 valence electrons. The molecule has 1 aliphatic heterocycles. The Morgan fingerprint density at radius 2 is 1.93 bits per heavy atom. The molecular weight excluding hydrogens is 384 g/mol. The summed E-state index contributed by atoms with van der Waals surface area (Å²) in [6.45, 7) is 3.60. The summed E-state index contributed by atoms with van der Waals surface area (Å²) in [5, 5.41) is 3.00. The fourth-order valence-electron chi connectivity index (χ4n) is 3.14. The summed E-state index contributed by atoms with van der Waals surface area (Å²) in [5.74, 6) is -1.46. The third-order valence-electron chi connectivity index (χ3n) is 4.63. The zero-order valence-corrected chi connectivity index (χ0v) is 16.9. The maximum absolute atomic E-state index is 12.9. The van der Waals surface area contributed by atoms with Crippen LogP contribution in [0, 0.1) is 0 Å². The lowest BCUT2D eigenvalue weighted by Crippen LogP contribution is -2.57. The van der Waals surface area contributed by atoms with Crippen LogP contribution < -0.4 is 5.32 Å². The predicted octanol–water partition coefficient (Wildman–Crippen LogP) is 2.16. The van der Waals surface area contributed by atoms with Crippen LogP contribution in [0.25, 0.3) is 0 Å². The van der Waals surface area contributed by atoms with Crippen molar-refractivity contribution in [3.63, 3.8) is 0 Å². The molecule has 1 aliphatic rings. The van der Waals surface area contributed by atoms with Crippen molar-refractivity contribution in [3.05, 3.63) is 72.3 Å². The van der Waals surface area contributed by atoms with Crippen LogP contribution in [-0.4, -0.2) is 51.9 Å². The minimum Gasteiger partial charge on any atom is -0.461 e.